The van der Waals surface area contributed by atoms with E-state index >= 15 is 0 Å². The first kappa shape index (κ1) is 23.2. The highest BCUT2D eigenvalue weighted by Gasteiger charge is 2.28. The zero-order valence-corrected chi connectivity index (χ0v) is 18.6. The van der Waals surface area contributed by atoms with Crippen LogP contribution >= 0.6 is 24.0 Å². The minimum Gasteiger partial charge on any atom is -0.355 e. The Balaban J connectivity index is 0.00000529. The van der Waals surface area contributed by atoms with Crippen molar-refractivity contribution in [3.8, 4) is 0 Å². The lowest BCUT2D eigenvalue weighted by Gasteiger charge is -2.20. The van der Waals surface area contributed by atoms with E-state index in [0.717, 1.165) is 0 Å². The van der Waals surface area contributed by atoms with E-state index in [0.29, 0.717) is 19.0 Å². The van der Waals surface area contributed by atoms with Gasteiger partial charge in [-0.15, -0.1) is 24.0 Å². The third-order valence-corrected chi connectivity index (χ3v) is 6.37. The predicted octanol–water partition coefficient (Wildman–Crippen LogP) is 2.80. The third-order valence-electron chi connectivity index (χ3n) is 3.76. The van der Waals surface area contributed by atoms with Gasteiger partial charge in [-0.25, -0.2) is 8.42 Å². The first-order valence-corrected chi connectivity index (χ1v) is 9.45. The molecule has 0 aliphatic rings. The summed E-state index contributed by atoms with van der Waals surface area (Å²) in [5.41, 5.74) is 3.66. The molecule has 2 N–H and O–H groups in total. The molecule has 0 saturated heterocycles. The number of sulfone groups is 1. The van der Waals surface area contributed by atoms with Crippen LogP contribution < -0.4 is 10.6 Å². The molecule has 0 aliphatic carbocycles. The smallest absolute Gasteiger partial charge is 0.191 e. The number of guanidine groups is 1. The van der Waals surface area contributed by atoms with Crippen LogP contribution in [0.3, 0.4) is 0 Å². The second kappa shape index (κ2) is 9.60. The van der Waals surface area contributed by atoms with E-state index in [1.54, 1.807) is 27.8 Å². The summed E-state index contributed by atoms with van der Waals surface area (Å²) in [5, 5.41) is 6.27. The number of benzene rings is 1. The number of aliphatic imine (C=N–C) groups is 1. The molecular weight excluding hydrogens is 437 g/mol. The maximum Gasteiger partial charge on any atom is 0.191 e. The SMILES string of the molecule is CN=C(NCCS(=O)(=O)C(C)(C)C)NCc1ccc(C)cc1C.I. The van der Waals surface area contributed by atoms with Crippen molar-refractivity contribution >= 4 is 39.8 Å². The van der Waals surface area contributed by atoms with Crippen LogP contribution in [0.1, 0.15) is 37.5 Å². The summed E-state index contributed by atoms with van der Waals surface area (Å²) >= 11 is 0. The molecule has 0 atom stereocenters. The molecule has 1 aromatic rings. The van der Waals surface area contributed by atoms with E-state index in [2.05, 4.69) is 47.7 Å². The second-order valence-electron chi connectivity index (χ2n) is 6.71. The van der Waals surface area contributed by atoms with E-state index < -0.39 is 14.6 Å². The van der Waals surface area contributed by atoms with Crippen molar-refractivity contribution in [2.45, 2.75) is 45.9 Å². The normalized spacial score (nSPS) is 12.5. The second-order valence-corrected chi connectivity index (χ2v) is 9.58. The quantitative estimate of drug-likeness (QED) is 0.397. The summed E-state index contributed by atoms with van der Waals surface area (Å²) in [6, 6.07) is 6.31. The van der Waals surface area contributed by atoms with Crippen LogP contribution in [0.4, 0.5) is 0 Å². The highest BCUT2D eigenvalue weighted by Crippen LogP contribution is 2.15. The van der Waals surface area contributed by atoms with E-state index in [-0.39, 0.29) is 29.7 Å². The number of aryl methyl sites for hydroxylation is 2. The molecule has 0 aliphatic heterocycles. The topological polar surface area (TPSA) is 70.6 Å². The van der Waals surface area contributed by atoms with Crippen LogP contribution in [-0.4, -0.2) is 38.5 Å². The van der Waals surface area contributed by atoms with Crippen molar-refractivity contribution in [1.82, 2.24) is 10.6 Å². The molecule has 0 radical (unpaired) electrons. The maximum atomic E-state index is 12.1. The zero-order chi connectivity index (χ0) is 17.7. The summed E-state index contributed by atoms with van der Waals surface area (Å²) in [5.74, 6) is 0.690. The number of nitrogens with zero attached hydrogens (tertiary/aromatic N) is 1. The van der Waals surface area contributed by atoms with Gasteiger partial charge in [-0.3, -0.25) is 4.99 Å². The molecular formula is C17H30IN3O2S. The Bertz CT molecular complexity index is 665. The van der Waals surface area contributed by atoms with E-state index in [4.69, 9.17) is 0 Å². The fourth-order valence-electron chi connectivity index (χ4n) is 2.05. The molecule has 0 aromatic heterocycles. The maximum absolute atomic E-state index is 12.1. The Kier molecular flexibility index (Phi) is 9.27. The summed E-state index contributed by atoms with van der Waals surface area (Å²) in [4.78, 5) is 4.13. The van der Waals surface area contributed by atoms with Crippen LogP contribution in [-0.2, 0) is 16.4 Å². The van der Waals surface area contributed by atoms with Crippen molar-refractivity contribution < 1.29 is 8.42 Å². The number of hydrogen-bond acceptors (Lipinski definition) is 3. The molecule has 0 saturated carbocycles. The van der Waals surface area contributed by atoms with Crippen LogP contribution in [0.2, 0.25) is 0 Å². The highest BCUT2D eigenvalue weighted by molar-refractivity contribution is 14.0. The Morgan fingerprint density at radius 2 is 1.79 bits per heavy atom. The molecule has 138 valence electrons. The van der Waals surface area contributed by atoms with Gasteiger partial charge in [-0.05, 0) is 45.7 Å². The lowest BCUT2D eigenvalue weighted by atomic mass is 10.1. The molecule has 0 amide bonds. The van der Waals surface area contributed by atoms with Gasteiger partial charge in [0.25, 0.3) is 0 Å². The predicted molar refractivity (Wildman–Crippen MR) is 113 cm³/mol. The standard InChI is InChI=1S/C17H29N3O2S.HI/c1-13-7-8-15(14(2)11-13)12-20-16(18-6)19-9-10-23(21,22)17(3,4)5;/h7-8,11H,9-10,12H2,1-6H3,(H2,18,19,20);1H. The molecule has 0 bridgehead atoms. The lowest BCUT2D eigenvalue weighted by Crippen LogP contribution is -2.41. The Hall–Kier alpha value is -0.830. The summed E-state index contributed by atoms with van der Waals surface area (Å²) in [6.07, 6.45) is 0. The average molecular weight is 467 g/mol. The molecule has 7 heteroatoms. The highest BCUT2D eigenvalue weighted by atomic mass is 127. The number of nitrogens with one attached hydrogen (secondary N) is 2. The molecule has 0 heterocycles. The van der Waals surface area contributed by atoms with Crippen molar-refractivity contribution in [3.05, 3.63) is 34.9 Å². The van der Waals surface area contributed by atoms with Crippen LogP contribution in [0, 0.1) is 13.8 Å². The molecule has 5 nitrogen and oxygen atoms in total. The van der Waals surface area contributed by atoms with Crippen molar-refractivity contribution in [3.63, 3.8) is 0 Å². The minimum atomic E-state index is -3.13. The average Bonchev–Trinajstić information content (AvgIpc) is 2.42. The van der Waals surface area contributed by atoms with Crippen molar-refractivity contribution in [2.75, 3.05) is 19.3 Å². The van der Waals surface area contributed by atoms with E-state index in [1.807, 2.05) is 0 Å². The third kappa shape index (κ3) is 6.96. The Morgan fingerprint density at radius 3 is 2.29 bits per heavy atom. The molecule has 1 aromatic carbocycles. The lowest BCUT2D eigenvalue weighted by molar-refractivity contribution is 0.559. The number of rotatable bonds is 5. The fourth-order valence-corrected chi connectivity index (χ4v) is 3.04. The first-order valence-electron chi connectivity index (χ1n) is 7.80. The summed E-state index contributed by atoms with van der Waals surface area (Å²) in [6.45, 7) is 10.3. The van der Waals surface area contributed by atoms with Crippen molar-refractivity contribution in [2.24, 2.45) is 4.99 Å². The monoisotopic (exact) mass is 467 g/mol. The van der Waals surface area contributed by atoms with Gasteiger partial charge in [0.05, 0.1) is 10.5 Å². The van der Waals surface area contributed by atoms with E-state index in [1.165, 1.54) is 16.7 Å². The van der Waals surface area contributed by atoms with Gasteiger partial charge in [0.15, 0.2) is 15.8 Å². The van der Waals surface area contributed by atoms with Gasteiger partial charge in [-0.1, -0.05) is 23.8 Å². The molecule has 1 rings (SSSR count). The van der Waals surface area contributed by atoms with Gasteiger partial charge in [0, 0.05) is 20.1 Å². The first-order chi connectivity index (χ1) is 10.6. The summed E-state index contributed by atoms with van der Waals surface area (Å²) in [7, 11) is -1.45. The molecule has 0 unspecified atom stereocenters. The minimum absolute atomic E-state index is 0. The van der Waals surface area contributed by atoms with Gasteiger partial charge in [0.1, 0.15) is 0 Å². The van der Waals surface area contributed by atoms with Gasteiger partial charge >= 0.3 is 0 Å². The number of halogens is 1. The molecule has 0 spiro atoms. The van der Waals surface area contributed by atoms with Gasteiger partial charge in [-0.2, -0.15) is 0 Å². The summed E-state index contributed by atoms with van der Waals surface area (Å²) < 4.78 is 23.4. The van der Waals surface area contributed by atoms with E-state index in [9.17, 15) is 8.42 Å². The fraction of sp³-hybridized carbons (Fsp3) is 0.588. The Morgan fingerprint density at radius 1 is 1.17 bits per heavy atom. The zero-order valence-electron chi connectivity index (χ0n) is 15.4. The molecule has 0 fully saturated rings. The van der Waals surface area contributed by atoms with Crippen LogP contribution in [0.25, 0.3) is 0 Å². The largest absolute Gasteiger partial charge is 0.355 e. The van der Waals surface area contributed by atoms with Crippen molar-refractivity contribution in [1.29, 1.82) is 0 Å². The van der Waals surface area contributed by atoms with Crippen LogP contribution in [0.5, 0.6) is 0 Å². The van der Waals surface area contributed by atoms with Gasteiger partial charge in [0.2, 0.25) is 0 Å². The Labute approximate surface area is 163 Å². The van der Waals surface area contributed by atoms with Gasteiger partial charge < -0.3 is 10.6 Å². The van der Waals surface area contributed by atoms with Crippen LogP contribution in [0.15, 0.2) is 23.2 Å². The molecule has 24 heavy (non-hydrogen) atoms. The number of hydrogen-bond donors (Lipinski definition) is 2.